The molecule has 1 amide bonds. The van der Waals surface area contributed by atoms with Crippen LogP contribution in [0.3, 0.4) is 0 Å². The Morgan fingerprint density at radius 3 is 2.40 bits per heavy atom. The summed E-state index contributed by atoms with van der Waals surface area (Å²) in [5, 5.41) is 3.85. The molecule has 4 aromatic rings. The fourth-order valence-corrected chi connectivity index (χ4v) is 7.34. The summed E-state index contributed by atoms with van der Waals surface area (Å²) in [6, 6.07) is 13.4. The molecule has 1 aliphatic heterocycles. The lowest BCUT2D eigenvalue weighted by Crippen LogP contribution is -2.40. The predicted octanol–water partition coefficient (Wildman–Crippen LogP) is 5.07. The maximum Gasteiger partial charge on any atom is 0.311 e. The standard InChI is InChI=1S/C34H37FN4O7S/c1-19(2)47(42,43)29-9-7-6-8-23(29)31-24(34(41)46-5)13-15-39(31)33(40)30(25-17-27(44-3)28(45-4)18-26(25)35)38-21-10-11-22-20(16-21)12-14-37-32(22)36/h6-12,14,16-19,24,30-31,38H,13,15H2,1-5H3,(H2,36,37)/t24-,30-,31-/m0/s1. The molecule has 47 heavy (non-hydrogen) atoms. The maximum atomic E-state index is 15.9. The number of halogens is 1. The second-order valence-corrected chi connectivity index (χ2v) is 13.9. The average molecular weight is 665 g/mol. The molecule has 5 rings (SSSR count). The molecular formula is C34H37FN4O7S. The van der Waals surface area contributed by atoms with Gasteiger partial charge >= 0.3 is 5.97 Å². The van der Waals surface area contributed by atoms with Crippen LogP contribution in [0.1, 0.15) is 43.5 Å². The summed E-state index contributed by atoms with van der Waals surface area (Å²) in [5.74, 6) is -2.16. The second-order valence-electron chi connectivity index (χ2n) is 11.5. The van der Waals surface area contributed by atoms with Crippen molar-refractivity contribution in [1.29, 1.82) is 0 Å². The third-order valence-electron chi connectivity index (χ3n) is 8.52. The lowest BCUT2D eigenvalue weighted by molar-refractivity contribution is -0.147. The number of nitrogens with zero attached hydrogens (tertiary/aromatic N) is 2. The van der Waals surface area contributed by atoms with Crippen LogP contribution in [-0.2, 0) is 24.2 Å². The summed E-state index contributed by atoms with van der Waals surface area (Å²) in [4.78, 5) is 33.5. The van der Waals surface area contributed by atoms with Crippen LogP contribution >= 0.6 is 0 Å². The molecule has 2 heterocycles. The summed E-state index contributed by atoms with van der Waals surface area (Å²) in [6.07, 6.45) is 1.76. The van der Waals surface area contributed by atoms with Crippen molar-refractivity contribution in [1.82, 2.24) is 9.88 Å². The fraction of sp³-hybridized carbons (Fsp3) is 0.324. The third kappa shape index (κ3) is 6.27. The molecule has 13 heteroatoms. The SMILES string of the molecule is COC(=O)[C@H]1CCN(C(=O)[C@@H](Nc2ccc3c(N)nccc3c2)c2cc(OC)c(OC)cc2F)[C@H]1c1ccccc1S(=O)(=O)C(C)C. The Kier molecular flexibility index (Phi) is 9.57. The van der Waals surface area contributed by atoms with Gasteiger partial charge in [-0.15, -0.1) is 0 Å². The molecular weight excluding hydrogens is 627 g/mol. The third-order valence-corrected chi connectivity index (χ3v) is 10.7. The smallest absolute Gasteiger partial charge is 0.311 e. The van der Waals surface area contributed by atoms with Gasteiger partial charge in [0.2, 0.25) is 5.91 Å². The summed E-state index contributed by atoms with van der Waals surface area (Å²) < 4.78 is 58.8. The highest BCUT2D eigenvalue weighted by molar-refractivity contribution is 7.92. The molecule has 3 atom stereocenters. The van der Waals surface area contributed by atoms with E-state index >= 15 is 4.39 Å². The average Bonchev–Trinajstić information content (AvgIpc) is 3.51. The number of nitrogens with one attached hydrogen (secondary N) is 1. The molecule has 1 aromatic heterocycles. The molecule has 1 saturated heterocycles. The van der Waals surface area contributed by atoms with E-state index in [2.05, 4.69) is 10.3 Å². The Morgan fingerprint density at radius 2 is 1.72 bits per heavy atom. The number of anilines is 2. The van der Waals surface area contributed by atoms with Gasteiger partial charge in [0.25, 0.3) is 0 Å². The number of methoxy groups -OCH3 is 3. The largest absolute Gasteiger partial charge is 0.493 e. The number of rotatable bonds is 10. The van der Waals surface area contributed by atoms with Gasteiger partial charge in [-0.05, 0) is 67.6 Å². The lowest BCUT2D eigenvalue weighted by atomic mass is 9.93. The quantitative estimate of drug-likeness (QED) is 0.220. The molecule has 0 spiro atoms. The topological polar surface area (TPSA) is 150 Å². The summed E-state index contributed by atoms with van der Waals surface area (Å²) in [6.45, 7) is 3.20. The van der Waals surface area contributed by atoms with Gasteiger partial charge in [-0.1, -0.05) is 18.2 Å². The van der Waals surface area contributed by atoms with E-state index in [1.807, 2.05) is 0 Å². The lowest BCUT2D eigenvalue weighted by Gasteiger charge is -2.33. The number of aromatic nitrogens is 1. The van der Waals surface area contributed by atoms with Crippen molar-refractivity contribution >= 4 is 44.0 Å². The highest BCUT2D eigenvalue weighted by atomic mass is 32.2. The van der Waals surface area contributed by atoms with E-state index < -0.39 is 50.8 Å². The molecule has 3 aromatic carbocycles. The first kappa shape index (κ1) is 33.5. The minimum Gasteiger partial charge on any atom is -0.493 e. The van der Waals surface area contributed by atoms with Crippen molar-refractivity contribution in [2.24, 2.45) is 5.92 Å². The Balaban J connectivity index is 1.67. The van der Waals surface area contributed by atoms with E-state index in [1.54, 1.807) is 62.5 Å². The van der Waals surface area contributed by atoms with Crippen molar-refractivity contribution in [3.63, 3.8) is 0 Å². The molecule has 3 N–H and O–H groups in total. The zero-order valence-electron chi connectivity index (χ0n) is 26.7. The highest BCUT2D eigenvalue weighted by Crippen LogP contribution is 2.44. The van der Waals surface area contributed by atoms with Crippen molar-refractivity contribution in [3.05, 3.63) is 83.8 Å². The molecule has 0 radical (unpaired) electrons. The van der Waals surface area contributed by atoms with Crippen LogP contribution in [0.5, 0.6) is 11.5 Å². The molecule has 1 fully saturated rings. The number of hydrogen-bond donors (Lipinski definition) is 2. The number of likely N-dealkylation sites (tertiary alicyclic amines) is 1. The molecule has 1 aliphatic rings. The Hall–Kier alpha value is -4.91. The van der Waals surface area contributed by atoms with Gasteiger partial charge in [0.1, 0.15) is 17.7 Å². The van der Waals surface area contributed by atoms with Crippen LogP contribution in [0, 0.1) is 11.7 Å². The number of amides is 1. The highest BCUT2D eigenvalue weighted by Gasteiger charge is 2.46. The number of benzene rings is 3. The number of nitrogens with two attached hydrogens (primary N) is 1. The number of carbonyl (C=O) groups is 2. The van der Waals surface area contributed by atoms with E-state index in [0.717, 1.165) is 11.5 Å². The minimum atomic E-state index is -3.83. The van der Waals surface area contributed by atoms with E-state index in [-0.39, 0.29) is 40.5 Å². The maximum absolute atomic E-state index is 15.9. The van der Waals surface area contributed by atoms with Gasteiger partial charge in [0.05, 0.1) is 43.4 Å². The molecule has 0 bridgehead atoms. The van der Waals surface area contributed by atoms with Gasteiger partial charge in [-0.2, -0.15) is 0 Å². The first-order valence-electron chi connectivity index (χ1n) is 15.0. The number of ether oxygens (including phenoxy) is 3. The van der Waals surface area contributed by atoms with Gasteiger partial charge in [-0.25, -0.2) is 17.8 Å². The summed E-state index contributed by atoms with van der Waals surface area (Å²) >= 11 is 0. The number of carbonyl (C=O) groups excluding carboxylic acids is 2. The summed E-state index contributed by atoms with van der Waals surface area (Å²) in [5.41, 5.74) is 6.74. The zero-order chi connectivity index (χ0) is 34.0. The van der Waals surface area contributed by atoms with Gasteiger partial charge in [0, 0.05) is 35.4 Å². The molecule has 0 saturated carbocycles. The number of hydrogen-bond acceptors (Lipinski definition) is 10. The van der Waals surface area contributed by atoms with Crippen LogP contribution < -0.4 is 20.5 Å². The second kappa shape index (κ2) is 13.4. The van der Waals surface area contributed by atoms with Crippen molar-refractivity contribution in [2.45, 2.75) is 42.5 Å². The van der Waals surface area contributed by atoms with Crippen LogP contribution in [0.15, 0.2) is 71.8 Å². The monoisotopic (exact) mass is 664 g/mol. The molecule has 0 aliphatic carbocycles. The van der Waals surface area contributed by atoms with Gasteiger partial charge in [0.15, 0.2) is 21.3 Å². The van der Waals surface area contributed by atoms with Crippen molar-refractivity contribution in [2.75, 3.05) is 38.9 Å². The van der Waals surface area contributed by atoms with E-state index in [1.165, 1.54) is 38.4 Å². The van der Waals surface area contributed by atoms with Crippen LogP contribution in [0.4, 0.5) is 15.9 Å². The van der Waals surface area contributed by atoms with Crippen molar-refractivity contribution < 1.29 is 36.6 Å². The zero-order valence-corrected chi connectivity index (χ0v) is 27.5. The number of sulfone groups is 1. The number of esters is 1. The van der Waals surface area contributed by atoms with Crippen LogP contribution in [0.25, 0.3) is 10.8 Å². The normalized spacial score (nSPS) is 17.0. The first-order valence-corrected chi connectivity index (χ1v) is 16.5. The van der Waals surface area contributed by atoms with E-state index in [9.17, 15) is 18.0 Å². The number of fused-ring (bicyclic) bond motifs is 1. The number of pyridine rings is 1. The Morgan fingerprint density at radius 1 is 1.02 bits per heavy atom. The van der Waals surface area contributed by atoms with Crippen LogP contribution in [0.2, 0.25) is 0 Å². The van der Waals surface area contributed by atoms with E-state index in [4.69, 9.17) is 19.9 Å². The Bertz CT molecular complexity index is 1940. The van der Waals surface area contributed by atoms with Crippen molar-refractivity contribution in [3.8, 4) is 11.5 Å². The molecule has 11 nitrogen and oxygen atoms in total. The van der Waals surface area contributed by atoms with Gasteiger partial charge in [-0.3, -0.25) is 9.59 Å². The predicted molar refractivity (Wildman–Crippen MR) is 175 cm³/mol. The van der Waals surface area contributed by atoms with Crippen LogP contribution in [-0.4, -0.2) is 63.3 Å². The fourth-order valence-electron chi connectivity index (χ4n) is 6.05. The van der Waals surface area contributed by atoms with E-state index in [0.29, 0.717) is 16.9 Å². The molecule has 0 unspecified atom stereocenters. The van der Waals surface area contributed by atoms with Gasteiger partial charge < -0.3 is 30.2 Å². The Labute approximate surface area is 272 Å². The number of nitrogen functional groups attached to an aromatic ring is 1. The minimum absolute atomic E-state index is 0.0103. The first-order chi connectivity index (χ1) is 22.4. The summed E-state index contributed by atoms with van der Waals surface area (Å²) in [7, 11) is 0.183. The molecule has 248 valence electrons.